The molecular formula is C16H20F2N4O2. The average molecular weight is 338 g/mol. The molecule has 1 aliphatic rings. The number of nitrogens with zero attached hydrogens (tertiary/aromatic N) is 3. The van der Waals surface area contributed by atoms with Crippen LogP contribution in [0.5, 0.6) is 5.75 Å². The number of halogens is 2. The number of piperazine rings is 1. The van der Waals surface area contributed by atoms with Crippen molar-refractivity contribution in [2.75, 3.05) is 45.9 Å². The quantitative estimate of drug-likeness (QED) is 0.799. The highest BCUT2D eigenvalue weighted by atomic mass is 19.3. The van der Waals surface area contributed by atoms with Gasteiger partial charge in [0.15, 0.2) is 0 Å². The second-order valence-corrected chi connectivity index (χ2v) is 5.40. The van der Waals surface area contributed by atoms with Gasteiger partial charge in [-0.05, 0) is 24.3 Å². The van der Waals surface area contributed by atoms with Crippen LogP contribution >= 0.6 is 0 Å². The van der Waals surface area contributed by atoms with Crippen molar-refractivity contribution in [3.05, 3.63) is 29.8 Å². The van der Waals surface area contributed by atoms with E-state index in [9.17, 15) is 13.6 Å². The van der Waals surface area contributed by atoms with E-state index in [4.69, 9.17) is 10.00 Å². The standard InChI is InChI=1S/C16H20F2N4O2/c17-15(18)12-21-6-8-22(9-7-21)16(23)20-5-10-24-14-3-1-13(11-19)2-4-14/h1-4,15H,5-10,12H2,(H,20,23). The van der Waals surface area contributed by atoms with Crippen molar-refractivity contribution in [3.8, 4) is 11.8 Å². The number of carbonyl (C=O) groups is 1. The second kappa shape index (κ2) is 9.03. The van der Waals surface area contributed by atoms with Crippen molar-refractivity contribution >= 4 is 6.03 Å². The van der Waals surface area contributed by atoms with E-state index in [1.807, 2.05) is 6.07 Å². The summed E-state index contributed by atoms with van der Waals surface area (Å²) in [7, 11) is 0. The first-order valence-corrected chi connectivity index (χ1v) is 7.74. The molecule has 0 atom stereocenters. The molecule has 2 rings (SSSR count). The van der Waals surface area contributed by atoms with Gasteiger partial charge in [0.05, 0.1) is 24.7 Å². The lowest BCUT2D eigenvalue weighted by molar-refractivity contribution is 0.0635. The van der Waals surface area contributed by atoms with Gasteiger partial charge >= 0.3 is 6.03 Å². The van der Waals surface area contributed by atoms with Gasteiger partial charge in [-0.25, -0.2) is 13.6 Å². The van der Waals surface area contributed by atoms with Crippen LogP contribution in [0.2, 0.25) is 0 Å². The topological polar surface area (TPSA) is 68.6 Å². The highest BCUT2D eigenvalue weighted by Gasteiger charge is 2.22. The van der Waals surface area contributed by atoms with Gasteiger partial charge in [0.1, 0.15) is 12.4 Å². The molecular weight excluding hydrogens is 318 g/mol. The molecule has 6 nitrogen and oxygen atoms in total. The van der Waals surface area contributed by atoms with E-state index < -0.39 is 6.43 Å². The van der Waals surface area contributed by atoms with Crippen LogP contribution in [0.1, 0.15) is 5.56 Å². The zero-order chi connectivity index (χ0) is 17.4. The molecule has 0 aromatic heterocycles. The summed E-state index contributed by atoms with van der Waals surface area (Å²) >= 11 is 0. The normalized spacial score (nSPS) is 15.2. The van der Waals surface area contributed by atoms with Crippen LogP contribution in [0.15, 0.2) is 24.3 Å². The van der Waals surface area contributed by atoms with Crippen LogP contribution in [-0.4, -0.2) is 68.1 Å². The highest BCUT2D eigenvalue weighted by Crippen LogP contribution is 2.11. The first kappa shape index (κ1) is 17.9. The first-order valence-electron chi connectivity index (χ1n) is 7.74. The molecule has 0 unspecified atom stereocenters. The molecule has 0 aliphatic carbocycles. The maximum absolute atomic E-state index is 12.3. The number of carbonyl (C=O) groups excluding carboxylic acids is 1. The molecule has 8 heteroatoms. The number of ether oxygens (including phenoxy) is 1. The van der Waals surface area contributed by atoms with Gasteiger partial charge in [0.2, 0.25) is 0 Å². The Morgan fingerprint density at radius 3 is 2.50 bits per heavy atom. The molecule has 0 radical (unpaired) electrons. The van der Waals surface area contributed by atoms with Gasteiger partial charge in [0.25, 0.3) is 6.43 Å². The number of nitriles is 1. The van der Waals surface area contributed by atoms with Gasteiger partial charge in [-0.3, -0.25) is 4.90 Å². The SMILES string of the molecule is N#Cc1ccc(OCCNC(=O)N2CCN(CC(F)F)CC2)cc1. The Morgan fingerprint density at radius 1 is 1.25 bits per heavy atom. The third-order valence-electron chi connectivity index (χ3n) is 3.69. The number of rotatable bonds is 6. The van der Waals surface area contributed by atoms with Crippen molar-refractivity contribution in [1.29, 1.82) is 5.26 Å². The van der Waals surface area contributed by atoms with Gasteiger partial charge < -0.3 is 15.0 Å². The second-order valence-electron chi connectivity index (χ2n) is 5.40. The Kier molecular flexibility index (Phi) is 6.75. The maximum Gasteiger partial charge on any atom is 0.317 e. The fraction of sp³-hybridized carbons (Fsp3) is 0.500. The maximum atomic E-state index is 12.3. The summed E-state index contributed by atoms with van der Waals surface area (Å²) in [5, 5.41) is 11.4. The van der Waals surface area contributed by atoms with Gasteiger partial charge in [-0.15, -0.1) is 0 Å². The zero-order valence-electron chi connectivity index (χ0n) is 13.3. The Balaban J connectivity index is 1.62. The molecule has 0 spiro atoms. The molecule has 24 heavy (non-hydrogen) atoms. The van der Waals surface area contributed by atoms with Crippen molar-refractivity contribution in [3.63, 3.8) is 0 Å². The lowest BCUT2D eigenvalue weighted by Crippen LogP contribution is -2.52. The van der Waals surface area contributed by atoms with E-state index in [2.05, 4.69) is 5.32 Å². The average Bonchev–Trinajstić information content (AvgIpc) is 2.59. The number of nitrogens with one attached hydrogen (secondary N) is 1. The van der Waals surface area contributed by atoms with Crippen LogP contribution < -0.4 is 10.1 Å². The van der Waals surface area contributed by atoms with Crippen LogP contribution in [0, 0.1) is 11.3 Å². The van der Waals surface area contributed by atoms with E-state index in [1.165, 1.54) is 0 Å². The lowest BCUT2D eigenvalue weighted by Gasteiger charge is -2.34. The third-order valence-corrected chi connectivity index (χ3v) is 3.69. The van der Waals surface area contributed by atoms with Gasteiger partial charge in [0, 0.05) is 26.2 Å². The number of hydrogen-bond acceptors (Lipinski definition) is 4. The Bertz CT molecular complexity index is 566. The van der Waals surface area contributed by atoms with E-state index in [0.29, 0.717) is 50.6 Å². The fourth-order valence-electron chi connectivity index (χ4n) is 2.39. The third kappa shape index (κ3) is 5.66. The molecule has 1 fully saturated rings. The summed E-state index contributed by atoms with van der Waals surface area (Å²) in [5.41, 5.74) is 0.557. The monoisotopic (exact) mass is 338 g/mol. The highest BCUT2D eigenvalue weighted by molar-refractivity contribution is 5.74. The summed E-state index contributed by atoms with van der Waals surface area (Å²) in [6, 6.07) is 8.52. The summed E-state index contributed by atoms with van der Waals surface area (Å²) < 4.78 is 30.1. The molecule has 1 aromatic carbocycles. The zero-order valence-corrected chi connectivity index (χ0v) is 13.3. The molecule has 130 valence electrons. The largest absolute Gasteiger partial charge is 0.492 e. The molecule has 0 bridgehead atoms. The predicted octanol–water partition coefficient (Wildman–Crippen LogP) is 1.53. The van der Waals surface area contributed by atoms with Crippen molar-refractivity contribution in [1.82, 2.24) is 15.1 Å². The van der Waals surface area contributed by atoms with Crippen molar-refractivity contribution in [2.24, 2.45) is 0 Å². The molecule has 1 aliphatic heterocycles. The first-order chi connectivity index (χ1) is 11.6. The van der Waals surface area contributed by atoms with Gasteiger partial charge in [-0.2, -0.15) is 5.26 Å². The van der Waals surface area contributed by atoms with Crippen molar-refractivity contribution < 1.29 is 18.3 Å². The van der Waals surface area contributed by atoms with Crippen molar-refractivity contribution in [2.45, 2.75) is 6.43 Å². The summed E-state index contributed by atoms with van der Waals surface area (Å²) in [4.78, 5) is 15.2. The fourth-order valence-corrected chi connectivity index (χ4v) is 2.39. The minimum atomic E-state index is -2.34. The summed E-state index contributed by atoms with van der Waals surface area (Å²) in [6.07, 6.45) is -2.34. The summed E-state index contributed by atoms with van der Waals surface area (Å²) in [6.45, 7) is 2.20. The van der Waals surface area contributed by atoms with E-state index in [1.54, 1.807) is 34.1 Å². The van der Waals surface area contributed by atoms with Crippen LogP contribution in [-0.2, 0) is 0 Å². The number of urea groups is 1. The van der Waals surface area contributed by atoms with Crippen LogP contribution in [0.4, 0.5) is 13.6 Å². The molecule has 0 saturated carbocycles. The number of hydrogen-bond donors (Lipinski definition) is 1. The van der Waals surface area contributed by atoms with Gasteiger partial charge in [-0.1, -0.05) is 0 Å². The lowest BCUT2D eigenvalue weighted by atomic mass is 10.2. The van der Waals surface area contributed by atoms with E-state index >= 15 is 0 Å². The minimum Gasteiger partial charge on any atom is -0.492 e. The Labute approximate surface area is 139 Å². The number of amides is 2. The smallest absolute Gasteiger partial charge is 0.317 e. The minimum absolute atomic E-state index is 0.213. The predicted molar refractivity (Wildman–Crippen MR) is 84.1 cm³/mol. The molecule has 2 amide bonds. The summed E-state index contributed by atoms with van der Waals surface area (Å²) in [5.74, 6) is 0.629. The molecule has 1 heterocycles. The van der Waals surface area contributed by atoms with E-state index in [0.717, 1.165) is 0 Å². The molecule has 1 aromatic rings. The van der Waals surface area contributed by atoms with E-state index in [-0.39, 0.29) is 12.6 Å². The number of alkyl halides is 2. The van der Waals surface area contributed by atoms with Crippen LogP contribution in [0.3, 0.4) is 0 Å². The Morgan fingerprint density at radius 2 is 1.92 bits per heavy atom. The molecule has 1 saturated heterocycles. The molecule has 1 N–H and O–H groups in total. The Hall–Kier alpha value is -2.40. The van der Waals surface area contributed by atoms with Crippen LogP contribution in [0.25, 0.3) is 0 Å². The number of benzene rings is 1.